The predicted octanol–water partition coefficient (Wildman–Crippen LogP) is 5.51. The fourth-order valence-corrected chi connectivity index (χ4v) is 2.91. The molecule has 0 aliphatic carbocycles. The molecule has 0 radical (unpaired) electrons. The van der Waals surface area contributed by atoms with Gasteiger partial charge in [0.05, 0.1) is 5.92 Å². The van der Waals surface area contributed by atoms with Crippen LogP contribution in [0.3, 0.4) is 0 Å². The topological polar surface area (TPSA) is 46.5 Å². The number of hydrogen-bond acceptors (Lipinski definition) is 2. The first-order valence-electron chi connectivity index (χ1n) is 8.65. The van der Waals surface area contributed by atoms with E-state index >= 15 is 0 Å². The Balaban J connectivity index is 1.74. The van der Waals surface area contributed by atoms with E-state index in [1.165, 1.54) is 0 Å². The summed E-state index contributed by atoms with van der Waals surface area (Å²) in [5, 5.41) is 9.57. The van der Waals surface area contributed by atoms with Gasteiger partial charge in [-0.3, -0.25) is 4.79 Å². The molecule has 3 rings (SSSR count). The van der Waals surface area contributed by atoms with Crippen LogP contribution < -0.4 is 4.74 Å². The summed E-state index contributed by atoms with van der Waals surface area (Å²) >= 11 is 0. The Hall–Kier alpha value is -3.07. The Morgan fingerprint density at radius 2 is 1.65 bits per heavy atom. The van der Waals surface area contributed by atoms with Crippen molar-refractivity contribution in [2.45, 2.75) is 26.2 Å². The molecule has 0 fully saturated rings. The van der Waals surface area contributed by atoms with E-state index in [4.69, 9.17) is 4.74 Å². The average molecular weight is 346 g/mol. The number of ether oxygens (including phenoxy) is 1. The van der Waals surface area contributed by atoms with Crippen molar-refractivity contribution in [1.29, 1.82) is 0 Å². The minimum Gasteiger partial charge on any atom is -0.481 e. The third-order valence-corrected chi connectivity index (χ3v) is 4.43. The number of carbonyl (C=O) groups is 1. The highest BCUT2D eigenvalue weighted by atomic mass is 16.5. The molecule has 1 unspecified atom stereocenters. The van der Waals surface area contributed by atoms with Crippen LogP contribution in [0.2, 0.25) is 0 Å². The molecule has 0 aromatic heterocycles. The van der Waals surface area contributed by atoms with E-state index in [1.54, 1.807) is 0 Å². The van der Waals surface area contributed by atoms with Crippen LogP contribution in [-0.2, 0) is 11.2 Å². The molecular formula is C23H22O3. The van der Waals surface area contributed by atoms with Gasteiger partial charge in [-0.1, -0.05) is 54.6 Å². The van der Waals surface area contributed by atoms with Gasteiger partial charge in [0, 0.05) is 0 Å². The Morgan fingerprint density at radius 1 is 0.962 bits per heavy atom. The van der Waals surface area contributed by atoms with Crippen LogP contribution in [-0.4, -0.2) is 11.1 Å². The van der Waals surface area contributed by atoms with Gasteiger partial charge in [-0.25, -0.2) is 0 Å². The Bertz CT molecular complexity index is 883. The molecule has 1 atom stereocenters. The van der Waals surface area contributed by atoms with Crippen molar-refractivity contribution in [3.8, 4) is 11.5 Å². The van der Waals surface area contributed by atoms with Crippen LogP contribution in [0.5, 0.6) is 11.5 Å². The summed E-state index contributed by atoms with van der Waals surface area (Å²) in [5.74, 6) is 0.216. The van der Waals surface area contributed by atoms with E-state index < -0.39 is 11.9 Å². The molecule has 0 saturated heterocycles. The lowest BCUT2D eigenvalue weighted by atomic mass is 9.92. The summed E-state index contributed by atoms with van der Waals surface area (Å²) in [6, 6.07) is 23.1. The van der Waals surface area contributed by atoms with Gasteiger partial charge < -0.3 is 9.84 Å². The van der Waals surface area contributed by atoms with Crippen LogP contribution >= 0.6 is 0 Å². The molecule has 0 saturated carbocycles. The van der Waals surface area contributed by atoms with Crippen molar-refractivity contribution in [3.05, 3.63) is 95.1 Å². The molecule has 0 aliphatic heterocycles. The third kappa shape index (κ3) is 4.31. The number of hydrogen-bond donors (Lipinski definition) is 1. The molecule has 0 bridgehead atoms. The molecule has 3 aromatic rings. The number of carboxylic acids is 1. The molecule has 0 heterocycles. The smallest absolute Gasteiger partial charge is 0.311 e. The second kappa shape index (κ2) is 7.87. The van der Waals surface area contributed by atoms with Crippen LogP contribution in [0.4, 0.5) is 0 Å². The Kier molecular flexibility index (Phi) is 5.37. The van der Waals surface area contributed by atoms with E-state index in [0.29, 0.717) is 6.42 Å². The van der Waals surface area contributed by atoms with Gasteiger partial charge in [0.1, 0.15) is 11.5 Å². The maximum absolute atomic E-state index is 11.7. The lowest BCUT2D eigenvalue weighted by molar-refractivity contribution is -0.138. The second-order valence-corrected chi connectivity index (χ2v) is 6.52. The number of aliphatic carboxylic acids is 1. The van der Waals surface area contributed by atoms with Crippen molar-refractivity contribution in [1.82, 2.24) is 0 Å². The van der Waals surface area contributed by atoms with E-state index in [1.807, 2.05) is 80.6 Å². The summed E-state index contributed by atoms with van der Waals surface area (Å²) in [6.45, 7) is 4.05. The van der Waals surface area contributed by atoms with Crippen LogP contribution in [0, 0.1) is 13.8 Å². The highest BCUT2D eigenvalue weighted by Crippen LogP contribution is 2.27. The fraction of sp³-hybridized carbons (Fsp3) is 0.174. The average Bonchev–Trinajstić information content (AvgIpc) is 2.64. The first-order valence-corrected chi connectivity index (χ1v) is 8.65. The van der Waals surface area contributed by atoms with Crippen molar-refractivity contribution in [2.75, 3.05) is 0 Å². The zero-order valence-corrected chi connectivity index (χ0v) is 15.0. The molecule has 3 heteroatoms. The standard InChI is InChI=1S/C23H22O3/c1-16-8-9-17(2)22(14-16)26-20-12-10-18(11-13-20)15-21(23(24)25)19-6-4-3-5-7-19/h3-14,21H,15H2,1-2H3,(H,24,25). The quantitative estimate of drug-likeness (QED) is 0.640. The van der Waals surface area contributed by atoms with Gasteiger partial charge in [0.15, 0.2) is 0 Å². The molecular weight excluding hydrogens is 324 g/mol. The highest BCUT2D eigenvalue weighted by molar-refractivity contribution is 5.76. The first kappa shape index (κ1) is 17.7. The monoisotopic (exact) mass is 346 g/mol. The maximum atomic E-state index is 11.7. The molecule has 3 aromatic carbocycles. The summed E-state index contributed by atoms with van der Waals surface area (Å²) in [4.78, 5) is 11.7. The predicted molar refractivity (Wildman–Crippen MR) is 103 cm³/mol. The van der Waals surface area contributed by atoms with E-state index in [-0.39, 0.29) is 0 Å². The SMILES string of the molecule is Cc1ccc(C)c(Oc2ccc(CC(C(=O)O)c3ccccc3)cc2)c1. The van der Waals surface area contributed by atoms with Gasteiger partial charge in [-0.05, 0) is 60.7 Å². The number of benzene rings is 3. The Morgan fingerprint density at radius 3 is 2.31 bits per heavy atom. The lowest BCUT2D eigenvalue weighted by Crippen LogP contribution is -2.14. The zero-order chi connectivity index (χ0) is 18.5. The minimum atomic E-state index is -0.813. The van der Waals surface area contributed by atoms with Crippen LogP contribution in [0.1, 0.15) is 28.2 Å². The molecule has 0 amide bonds. The Labute approximate surface area is 153 Å². The fourth-order valence-electron chi connectivity index (χ4n) is 2.91. The van der Waals surface area contributed by atoms with Crippen molar-refractivity contribution in [3.63, 3.8) is 0 Å². The molecule has 1 N–H and O–H groups in total. The van der Waals surface area contributed by atoms with E-state index in [0.717, 1.165) is 33.8 Å². The summed E-state index contributed by atoms with van der Waals surface area (Å²) in [7, 11) is 0. The van der Waals surface area contributed by atoms with Gasteiger partial charge in [0.25, 0.3) is 0 Å². The van der Waals surface area contributed by atoms with Gasteiger partial charge >= 0.3 is 5.97 Å². The number of carboxylic acid groups (broad SMARTS) is 1. The van der Waals surface area contributed by atoms with Crippen LogP contribution in [0.15, 0.2) is 72.8 Å². The van der Waals surface area contributed by atoms with Gasteiger partial charge in [-0.15, -0.1) is 0 Å². The summed E-state index contributed by atoms with van der Waals surface area (Å²) in [5.41, 5.74) is 4.01. The van der Waals surface area contributed by atoms with Gasteiger partial charge in [-0.2, -0.15) is 0 Å². The summed E-state index contributed by atoms with van der Waals surface area (Å²) in [6.07, 6.45) is 0.448. The largest absolute Gasteiger partial charge is 0.481 e. The molecule has 132 valence electrons. The molecule has 0 spiro atoms. The normalized spacial score (nSPS) is 11.8. The number of rotatable bonds is 6. The van der Waals surface area contributed by atoms with E-state index in [9.17, 15) is 9.90 Å². The molecule has 26 heavy (non-hydrogen) atoms. The van der Waals surface area contributed by atoms with E-state index in [2.05, 4.69) is 6.07 Å². The zero-order valence-electron chi connectivity index (χ0n) is 15.0. The van der Waals surface area contributed by atoms with Gasteiger partial charge in [0.2, 0.25) is 0 Å². The minimum absolute atomic E-state index is 0.448. The highest BCUT2D eigenvalue weighted by Gasteiger charge is 2.20. The first-order chi connectivity index (χ1) is 12.5. The van der Waals surface area contributed by atoms with Crippen molar-refractivity contribution >= 4 is 5.97 Å². The number of aryl methyl sites for hydroxylation is 2. The second-order valence-electron chi connectivity index (χ2n) is 6.52. The van der Waals surface area contributed by atoms with Crippen molar-refractivity contribution < 1.29 is 14.6 Å². The molecule has 3 nitrogen and oxygen atoms in total. The maximum Gasteiger partial charge on any atom is 0.311 e. The molecule has 0 aliphatic rings. The lowest BCUT2D eigenvalue weighted by Gasteiger charge is -2.14. The summed E-state index contributed by atoms with van der Waals surface area (Å²) < 4.78 is 5.97. The van der Waals surface area contributed by atoms with Crippen molar-refractivity contribution in [2.24, 2.45) is 0 Å². The third-order valence-electron chi connectivity index (χ3n) is 4.43. The van der Waals surface area contributed by atoms with Crippen LogP contribution in [0.25, 0.3) is 0 Å².